The second-order valence-corrected chi connectivity index (χ2v) is 4.98. The molecule has 1 aliphatic rings. The second kappa shape index (κ2) is 9.16. The number of unbranched alkanes of at least 4 members (excludes halogenated alkanes) is 1. The molecule has 18 heavy (non-hydrogen) atoms. The summed E-state index contributed by atoms with van der Waals surface area (Å²) in [4.78, 5) is 2.47. The summed E-state index contributed by atoms with van der Waals surface area (Å²) in [6.07, 6.45) is 6.69. The molecule has 0 saturated carbocycles. The fraction of sp³-hybridized carbons (Fsp3) is 0.923. The first-order chi connectivity index (χ1) is 8.76. The first-order valence-corrected chi connectivity index (χ1v) is 7.06. The number of oxime groups is 1. The molecule has 0 bridgehead atoms. The zero-order valence-electron chi connectivity index (χ0n) is 11.5. The Hall–Kier alpha value is -0.810. The molecule has 1 fully saturated rings. The number of likely N-dealkylation sites (tertiary alicyclic amines) is 1. The number of hydrogen-bond donors (Lipinski definition) is 2. The van der Waals surface area contributed by atoms with E-state index in [1.807, 2.05) is 0 Å². The maximum Gasteiger partial charge on any atom is 0.139 e. The predicted molar refractivity (Wildman–Crippen MR) is 73.0 cm³/mol. The highest BCUT2D eigenvalue weighted by Crippen LogP contribution is 2.14. The standard InChI is InChI=1S/C13H27N3O2/c1-2-10-18-12-6-5-9-16(11-12)8-4-3-7-13(14)15-17/h12,17H,2-11H2,1H3,(H2,14,15). The molecular formula is C13H27N3O2. The summed E-state index contributed by atoms with van der Waals surface area (Å²) >= 11 is 0. The van der Waals surface area contributed by atoms with Gasteiger partial charge in [0.2, 0.25) is 0 Å². The maximum absolute atomic E-state index is 8.44. The Morgan fingerprint density at radius 3 is 3.06 bits per heavy atom. The van der Waals surface area contributed by atoms with E-state index in [1.54, 1.807) is 0 Å². The molecule has 1 heterocycles. The van der Waals surface area contributed by atoms with E-state index in [-0.39, 0.29) is 0 Å². The average Bonchev–Trinajstić information content (AvgIpc) is 2.41. The summed E-state index contributed by atoms with van der Waals surface area (Å²) < 4.78 is 5.81. The lowest BCUT2D eigenvalue weighted by Gasteiger charge is -2.32. The number of nitrogens with zero attached hydrogens (tertiary/aromatic N) is 2. The van der Waals surface area contributed by atoms with Crippen molar-refractivity contribution in [2.45, 2.75) is 51.6 Å². The Bertz CT molecular complexity index is 246. The third kappa shape index (κ3) is 6.21. The third-order valence-electron chi connectivity index (χ3n) is 3.31. The van der Waals surface area contributed by atoms with E-state index in [2.05, 4.69) is 17.0 Å². The molecule has 0 radical (unpaired) electrons. The molecule has 1 aliphatic heterocycles. The van der Waals surface area contributed by atoms with Gasteiger partial charge in [0, 0.05) is 19.6 Å². The molecule has 0 aromatic rings. The Kier molecular flexibility index (Phi) is 7.76. The van der Waals surface area contributed by atoms with Crippen LogP contribution in [0.4, 0.5) is 0 Å². The topological polar surface area (TPSA) is 71.1 Å². The van der Waals surface area contributed by atoms with Gasteiger partial charge in [-0.05, 0) is 45.2 Å². The fourth-order valence-corrected chi connectivity index (χ4v) is 2.33. The van der Waals surface area contributed by atoms with Crippen molar-refractivity contribution < 1.29 is 9.94 Å². The van der Waals surface area contributed by atoms with Crippen molar-refractivity contribution in [1.82, 2.24) is 4.90 Å². The van der Waals surface area contributed by atoms with Gasteiger partial charge < -0.3 is 20.6 Å². The molecule has 5 heteroatoms. The van der Waals surface area contributed by atoms with Crippen LogP contribution in [-0.4, -0.2) is 48.3 Å². The Balaban J connectivity index is 2.10. The summed E-state index contributed by atoms with van der Waals surface area (Å²) in [5.74, 6) is 0.331. The summed E-state index contributed by atoms with van der Waals surface area (Å²) in [5.41, 5.74) is 5.44. The van der Waals surface area contributed by atoms with Crippen LogP contribution < -0.4 is 5.73 Å². The largest absolute Gasteiger partial charge is 0.409 e. The van der Waals surface area contributed by atoms with E-state index in [9.17, 15) is 0 Å². The minimum Gasteiger partial charge on any atom is -0.409 e. The minimum absolute atomic E-state index is 0.331. The van der Waals surface area contributed by atoms with Gasteiger partial charge in [0.25, 0.3) is 0 Å². The van der Waals surface area contributed by atoms with E-state index in [0.29, 0.717) is 18.4 Å². The van der Waals surface area contributed by atoms with Gasteiger partial charge in [0.05, 0.1) is 6.10 Å². The molecule has 106 valence electrons. The molecule has 5 nitrogen and oxygen atoms in total. The monoisotopic (exact) mass is 257 g/mol. The van der Waals surface area contributed by atoms with Gasteiger partial charge in [-0.1, -0.05) is 12.1 Å². The Labute approximate surface area is 110 Å². The van der Waals surface area contributed by atoms with E-state index in [1.165, 1.54) is 19.4 Å². The van der Waals surface area contributed by atoms with Crippen molar-refractivity contribution in [3.63, 3.8) is 0 Å². The average molecular weight is 257 g/mol. The lowest BCUT2D eigenvalue weighted by atomic mass is 10.1. The molecule has 1 rings (SSSR count). The van der Waals surface area contributed by atoms with Crippen LogP contribution in [0.15, 0.2) is 5.16 Å². The van der Waals surface area contributed by atoms with Gasteiger partial charge >= 0.3 is 0 Å². The van der Waals surface area contributed by atoms with Crippen molar-refractivity contribution in [3.8, 4) is 0 Å². The summed E-state index contributed by atoms with van der Waals surface area (Å²) in [5, 5.41) is 11.4. The SMILES string of the molecule is CCCOC1CCCN(CCCC/C(N)=N/O)C1. The zero-order valence-corrected chi connectivity index (χ0v) is 11.5. The summed E-state index contributed by atoms with van der Waals surface area (Å²) in [7, 11) is 0. The summed E-state index contributed by atoms with van der Waals surface area (Å²) in [6, 6.07) is 0. The van der Waals surface area contributed by atoms with Crippen LogP contribution in [0.25, 0.3) is 0 Å². The number of amidine groups is 1. The molecule has 0 aromatic carbocycles. The van der Waals surface area contributed by atoms with Gasteiger partial charge in [0.15, 0.2) is 0 Å². The van der Waals surface area contributed by atoms with Crippen molar-refractivity contribution in [2.24, 2.45) is 10.9 Å². The van der Waals surface area contributed by atoms with Crippen molar-refractivity contribution in [1.29, 1.82) is 0 Å². The van der Waals surface area contributed by atoms with Crippen LogP contribution in [0.3, 0.4) is 0 Å². The maximum atomic E-state index is 8.44. The van der Waals surface area contributed by atoms with E-state index in [0.717, 1.165) is 39.0 Å². The van der Waals surface area contributed by atoms with Gasteiger partial charge in [-0.3, -0.25) is 0 Å². The number of nitrogens with two attached hydrogens (primary N) is 1. The molecule has 0 amide bonds. The van der Waals surface area contributed by atoms with Crippen LogP contribution in [0, 0.1) is 0 Å². The van der Waals surface area contributed by atoms with E-state index < -0.39 is 0 Å². The highest BCUT2D eigenvalue weighted by Gasteiger charge is 2.19. The van der Waals surface area contributed by atoms with Gasteiger partial charge in [-0.15, -0.1) is 0 Å². The first kappa shape index (κ1) is 15.2. The number of hydrogen-bond acceptors (Lipinski definition) is 4. The van der Waals surface area contributed by atoms with Gasteiger partial charge in [-0.2, -0.15) is 0 Å². The number of piperidine rings is 1. The van der Waals surface area contributed by atoms with Crippen LogP contribution in [0.1, 0.15) is 45.4 Å². The van der Waals surface area contributed by atoms with Crippen LogP contribution in [0.2, 0.25) is 0 Å². The van der Waals surface area contributed by atoms with Gasteiger partial charge in [-0.25, -0.2) is 0 Å². The lowest BCUT2D eigenvalue weighted by Crippen LogP contribution is -2.40. The fourth-order valence-electron chi connectivity index (χ4n) is 2.33. The molecule has 0 spiro atoms. The van der Waals surface area contributed by atoms with Crippen LogP contribution in [-0.2, 0) is 4.74 Å². The highest BCUT2D eigenvalue weighted by atomic mass is 16.5. The second-order valence-electron chi connectivity index (χ2n) is 4.98. The van der Waals surface area contributed by atoms with Crippen molar-refractivity contribution in [3.05, 3.63) is 0 Å². The molecule has 0 aromatic heterocycles. The molecule has 3 N–H and O–H groups in total. The zero-order chi connectivity index (χ0) is 13.2. The lowest BCUT2D eigenvalue weighted by molar-refractivity contribution is -0.000299. The first-order valence-electron chi connectivity index (χ1n) is 7.06. The normalized spacial score (nSPS) is 22.3. The molecule has 1 atom stereocenters. The van der Waals surface area contributed by atoms with Crippen molar-refractivity contribution in [2.75, 3.05) is 26.2 Å². The van der Waals surface area contributed by atoms with Crippen LogP contribution >= 0.6 is 0 Å². The van der Waals surface area contributed by atoms with Crippen LogP contribution in [0.5, 0.6) is 0 Å². The van der Waals surface area contributed by atoms with Crippen molar-refractivity contribution >= 4 is 5.84 Å². The van der Waals surface area contributed by atoms with E-state index in [4.69, 9.17) is 15.7 Å². The Morgan fingerprint density at radius 2 is 2.33 bits per heavy atom. The quantitative estimate of drug-likeness (QED) is 0.229. The smallest absolute Gasteiger partial charge is 0.139 e. The molecule has 1 saturated heterocycles. The summed E-state index contributed by atoms with van der Waals surface area (Å²) in [6.45, 7) is 6.35. The number of ether oxygens (including phenoxy) is 1. The highest BCUT2D eigenvalue weighted by molar-refractivity contribution is 5.79. The van der Waals surface area contributed by atoms with E-state index >= 15 is 0 Å². The number of rotatable bonds is 8. The third-order valence-corrected chi connectivity index (χ3v) is 3.31. The van der Waals surface area contributed by atoms with Gasteiger partial charge in [0.1, 0.15) is 5.84 Å². The Morgan fingerprint density at radius 1 is 1.50 bits per heavy atom. The molecule has 1 unspecified atom stereocenters. The molecular weight excluding hydrogens is 230 g/mol. The molecule has 0 aliphatic carbocycles. The minimum atomic E-state index is 0.331. The predicted octanol–water partition coefficient (Wildman–Crippen LogP) is 1.79.